The van der Waals surface area contributed by atoms with Crippen molar-refractivity contribution in [1.82, 2.24) is 5.32 Å². The van der Waals surface area contributed by atoms with E-state index in [1.807, 2.05) is 19.9 Å². The Kier molecular flexibility index (Phi) is 8.25. The minimum absolute atomic E-state index is 0.0931. The minimum atomic E-state index is -3.72. The quantitative estimate of drug-likeness (QED) is 0.440. The number of thiocarbonyl (C=S) groups is 1. The van der Waals surface area contributed by atoms with E-state index in [2.05, 4.69) is 10.6 Å². The highest BCUT2D eigenvalue weighted by Gasteiger charge is 2.21. The predicted molar refractivity (Wildman–Crippen MR) is 139 cm³/mol. The normalized spacial score (nSPS) is 11.1. The largest absolute Gasteiger partial charge is 0.493 e. The molecule has 3 aromatic carbocycles. The predicted octanol–water partition coefficient (Wildman–Crippen LogP) is 4.67. The average Bonchev–Trinajstić information content (AvgIpc) is 2.83. The molecular weight excluding hydrogens is 470 g/mol. The first-order valence-corrected chi connectivity index (χ1v) is 12.5. The molecule has 0 bridgehead atoms. The van der Waals surface area contributed by atoms with Gasteiger partial charge >= 0.3 is 0 Å². The second-order valence-electron chi connectivity index (χ2n) is 7.97. The van der Waals surface area contributed by atoms with Gasteiger partial charge in [-0.05, 0) is 72.7 Å². The van der Waals surface area contributed by atoms with Crippen LogP contribution in [0.1, 0.15) is 24.2 Å². The number of sulfonamides is 1. The number of carbonyl (C=O) groups is 1. The van der Waals surface area contributed by atoms with Gasteiger partial charge in [0.25, 0.3) is 15.9 Å². The van der Waals surface area contributed by atoms with Crippen molar-refractivity contribution in [1.29, 1.82) is 0 Å². The monoisotopic (exact) mass is 497 g/mol. The van der Waals surface area contributed by atoms with Crippen molar-refractivity contribution in [2.45, 2.75) is 18.7 Å². The number of nitrogens with zero attached hydrogens (tertiary/aromatic N) is 1. The molecule has 2 N–H and O–H groups in total. The Morgan fingerprint density at radius 1 is 1.00 bits per heavy atom. The van der Waals surface area contributed by atoms with Gasteiger partial charge in [-0.25, -0.2) is 8.42 Å². The van der Waals surface area contributed by atoms with Crippen LogP contribution in [-0.2, 0) is 10.0 Å². The van der Waals surface area contributed by atoms with Gasteiger partial charge in [-0.1, -0.05) is 38.1 Å². The zero-order chi connectivity index (χ0) is 24.7. The topological polar surface area (TPSA) is 87.7 Å². The molecule has 0 fully saturated rings. The maximum Gasteiger partial charge on any atom is 0.264 e. The third-order valence-corrected chi connectivity index (χ3v) is 6.80. The molecule has 0 saturated heterocycles. The molecule has 1 amide bonds. The van der Waals surface area contributed by atoms with E-state index < -0.39 is 10.0 Å². The molecule has 0 unspecified atom stereocenters. The van der Waals surface area contributed by atoms with Crippen molar-refractivity contribution in [2.24, 2.45) is 5.92 Å². The van der Waals surface area contributed by atoms with Crippen LogP contribution in [0.5, 0.6) is 5.75 Å². The van der Waals surface area contributed by atoms with Crippen molar-refractivity contribution in [3.05, 3.63) is 84.4 Å². The van der Waals surface area contributed by atoms with E-state index in [-0.39, 0.29) is 15.9 Å². The molecule has 3 aromatic rings. The minimum Gasteiger partial charge on any atom is -0.493 e. The zero-order valence-electron chi connectivity index (χ0n) is 19.2. The third kappa shape index (κ3) is 6.55. The van der Waals surface area contributed by atoms with E-state index in [9.17, 15) is 13.2 Å². The Hall–Kier alpha value is -3.43. The summed E-state index contributed by atoms with van der Waals surface area (Å²) in [7, 11) is -2.21. The number of amides is 1. The molecule has 0 radical (unpaired) electrons. The van der Waals surface area contributed by atoms with Gasteiger partial charge in [0.2, 0.25) is 0 Å². The molecular formula is C25H27N3O4S2. The second kappa shape index (κ2) is 11.1. The van der Waals surface area contributed by atoms with E-state index in [4.69, 9.17) is 17.0 Å². The van der Waals surface area contributed by atoms with Gasteiger partial charge in [0.1, 0.15) is 5.75 Å². The van der Waals surface area contributed by atoms with E-state index in [1.54, 1.807) is 60.7 Å². The first-order valence-electron chi connectivity index (χ1n) is 10.7. The van der Waals surface area contributed by atoms with Crippen LogP contribution in [0.15, 0.2) is 83.8 Å². The molecule has 34 heavy (non-hydrogen) atoms. The summed E-state index contributed by atoms with van der Waals surface area (Å²) in [5.41, 5.74) is 1.52. The summed E-state index contributed by atoms with van der Waals surface area (Å²) in [5.74, 6) is 0.600. The summed E-state index contributed by atoms with van der Waals surface area (Å²) in [6.07, 6.45) is 0. The van der Waals surface area contributed by atoms with E-state index >= 15 is 0 Å². The standard InChI is InChI=1S/C25H27N3O4S2/c1-18(2)17-32-22-11-7-8-19(16-22)24(29)27-25(33)26-20-12-14-23(15-13-20)34(30,31)28(3)21-9-5-4-6-10-21/h4-16,18H,17H2,1-3H3,(H2,26,27,29,33). The number of ether oxygens (including phenoxy) is 1. The summed E-state index contributed by atoms with van der Waals surface area (Å²) in [4.78, 5) is 12.7. The molecule has 178 valence electrons. The summed E-state index contributed by atoms with van der Waals surface area (Å²) in [6, 6.07) is 21.8. The zero-order valence-corrected chi connectivity index (χ0v) is 20.8. The van der Waals surface area contributed by atoms with Crippen molar-refractivity contribution < 1.29 is 17.9 Å². The van der Waals surface area contributed by atoms with Gasteiger partial charge in [0, 0.05) is 18.3 Å². The van der Waals surface area contributed by atoms with E-state index in [0.29, 0.717) is 35.2 Å². The molecule has 0 aromatic heterocycles. The Bertz CT molecular complexity index is 1240. The fourth-order valence-electron chi connectivity index (χ4n) is 2.97. The molecule has 0 aliphatic rings. The molecule has 0 spiro atoms. The lowest BCUT2D eigenvalue weighted by Gasteiger charge is -2.19. The maximum absolute atomic E-state index is 12.9. The van der Waals surface area contributed by atoms with Crippen LogP contribution in [0.3, 0.4) is 0 Å². The first kappa shape index (κ1) is 25.2. The van der Waals surface area contributed by atoms with Gasteiger partial charge in [0.05, 0.1) is 17.2 Å². The summed E-state index contributed by atoms with van der Waals surface area (Å²) < 4.78 is 32.7. The van der Waals surface area contributed by atoms with Gasteiger partial charge in [0.15, 0.2) is 5.11 Å². The first-order chi connectivity index (χ1) is 16.2. The molecule has 0 aliphatic heterocycles. The second-order valence-corrected chi connectivity index (χ2v) is 10.4. The van der Waals surface area contributed by atoms with Gasteiger partial charge < -0.3 is 10.1 Å². The van der Waals surface area contributed by atoms with Crippen molar-refractivity contribution in [3.63, 3.8) is 0 Å². The van der Waals surface area contributed by atoms with Crippen molar-refractivity contribution in [3.8, 4) is 5.75 Å². The van der Waals surface area contributed by atoms with Gasteiger partial charge in [-0.3, -0.25) is 14.4 Å². The molecule has 0 atom stereocenters. The van der Waals surface area contributed by atoms with E-state index in [0.717, 1.165) is 0 Å². The summed E-state index contributed by atoms with van der Waals surface area (Å²) >= 11 is 5.24. The number of carbonyl (C=O) groups excluding carboxylic acids is 1. The van der Waals surface area contributed by atoms with E-state index in [1.165, 1.54) is 23.5 Å². The SMILES string of the molecule is CC(C)COc1cccc(C(=O)NC(=S)Nc2ccc(S(=O)(=O)N(C)c3ccccc3)cc2)c1. The van der Waals surface area contributed by atoms with Crippen LogP contribution in [0.2, 0.25) is 0 Å². The number of nitrogens with one attached hydrogen (secondary N) is 2. The maximum atomic E-state index is 12.9. The van der Waals surface area contributed by atoms with Crippen LogP contribution >= 0.6 is 12.2 Å². The lowest BCUT2D eigenvalue weighted by molar-refractivity contribution is 0.0977. The molecule has 0 aliphatic carbocycles. The van der Waals surface area contributed by atoms with Crippen LogP contribution in [0.25, 0.3) is 0 Å². The van der Waals surface area contributed by atoms with Crippen molar-refractivity contribution in [2.75, 3.05) is 23.3 Å². The molecule has 0 saturated carbocycles. The number of hydrogen-bond donors (Lipinski definition) is 2. The van der Waals surface area contributed by atoms with Crippen LogP contribution in [-0.4, -0.2) is 33.1 Å². The number of rotatable bonds is 8. The highest BCUT2D eigenvalue weighted by molar-refractivity contribution is 7.92. The van der Waals surface area contributed by atoms with Crippen LogP contribution < -0.4 is 19.7 Å². The summed E-state index contributed by atoms with van der Waals surface area (Å²) in [6.45, 7) is 4.65. The average molecular weight is 498 g/mol. The fraction of sp³-hybridized carbons (Fsp3) is 0.200. The van der Waals surface area contributed by atoms with Crippen molar-refractivity contribution >= 4 is 44.6 Å². The summed E-state index contributed by atoms with van der Waals surface area (Å²) in [5, 5.41) is 5.61. The lowest BCUT2D eigenvalue weighted by Crippen LogP contribution is -2.34. The Morgan fingerprint density at radius 2 is 1.68 bits per heavy atom. The highest BCUT2D eigenvalue weighted by atomic mass is 32.2. The number of hydrogen-bond acceptors (Lipinski definition) is 5. The highest BCUT2D eigenvalue weighted by Crippen LogP contribution is 2.23. The smallest absolute Gasteiger partial charge is 0.264 e. The molecule has 3 rings (SSSR count). The van der Waals surface area contributed by atoms with Gasteiger partial charge in [-0.2, -0.15) is 0 Å². The lowest BCUT2D eigenvalue weighted by atomic mass is 10.2. The van der Waals surface area contributed by atoms with Crippen LogP contribution in [0, 0.1) is 5.92 Å². The Morgan fingerprint density at radius 3 is 2.32 bits per heavy atom. The third-order valence-electron chi connectivity index (χ3n) is 4.80. The number of para-hydroxylation sites is 1. The number of benzene rings is 3. The van der Waals surface area contributed by atoms with Gasteiger partial charge in [-0.15, -0.1) is 0 Å². The van der Waals surface area contributed by atoms with Crippen LogP contribution in [0.4, 0.5) is 11.4 Å². The molecule has 7 nitrogen and oxygen atoms in total. The fourth-order valence-corrected chi connectivity index (χ4v) is 4.38. The number of anilines is 2. The Labute approximate surface area is 205 Å². The molecule has 9 heteroatoms. The Balaban J connectivity index is 1.62. The molecule has 0 heterocycles.